The number of hydrogen-bond acceptors (Lipinski definition) is 1. The molecule has 1 heterocycles. The van der Waals surface area contributed by atoms with Crippen LogP contribution < -0.4 is 0 Å². The van der Waals surface area contributed by atoms with Crippen molar-refractivity contribution in [1.29, 1.82) is 0 Å². The van der Waals surface area contributed by atoms with Crippen molar-refractivity contribution >= 4 is 0 Å². The van der Waals surface area contributed by atoms with Gasteiger partial charge in [-0.05, 0) is 37.8 Å². The zero-order chi connectivity index (χ0) is 25.1. The average molecular weight is 487 g/mol. The molecular weight excluding hydrogens is 459 g/mol. The molecule has 2 unspecified atom stereocenters. The van der Waals surface area contributed by atoms with Crippen molar-refractivity contribution in [3.8, 4) is 22.3 Å². The van der Waals surface area contributed by atoms with E-state index < -0.39 is 46.3 Å². The maximum Gasteiger partial charge on any atom is 0.167 e. The van der Waals surface area contributed by atoms with Crippen LogP contribution in [-0.4, -0.2) is 6.61 Å². The maximum absolute atomic E-state index is 15.0. The number of aryl methyl sites for hydroxylation is 1. The first-order valence-corrected chi connectivity index (χ1v) is 11.8. The van der Waals surface area contributed by atoms with E-state index in [1.54, 1.807) is 6.07 Å². The number of rotatable bonds is 6. The standard InChI is InChI=1S/C29H27F5O/c1-3-5-17-7-9-19(24(30)15-17)20-10-11-21(27(32)26(20)31)22-12-13-23(29(34)28(22)33)25-14-8-18(6-4-2)16-35-25/h4,6-7,9-13,15,18,25H,3,5,8,14,16H2,1-2H3/b6-4+. The van der Waals surface area contributed by atoms with Crippen LogP contribution in [0.1, 0.15) is 50.3 Å². The predicted molar refractivity (Wildman–Crippen MR) is 127 cm³/mol. The van der Waals surface area contributed by atoms with Crippen molar-refractivity contribution < 1.29 is 26.7 Å². The summed E-state index contributed by atoms with van der Waals surface area (Å²) in [6, 6.07) is 9.27. The van der Waals surface area contributed by atoms with Gasteiger partial charge in [-0.2, -0.15) is 0 Å². The van der Waals surface area contributed by atoms with Gasteiger partial charge in [0.1, 0.15) is 5.82 Å². The molecule has 35 heavy (non-hydrogen) atoms. The van der Waals surface area contributed by atoms with E-state index in [0.717, 1.165) is 24.5 Å². The number of allylic oxidation sites excluding steroid dienone is 1. The molecule has 0 N–H and O–H groups in total. The quantitative estimate of drug-likeness (QED) is 0.250. The highest BCUT2D eigenvalue weighted by Crippen LogP contribution is 2.38. The summed E-state index contributed by atoms with van der Waals surface area (Å²) < 4.78 is 80.3. The lowest BCUT2D eigenvalue weighted by molar-refractivity contribution is -0.00743. The van der Waals surface area contributed by atoms with Gasteiger partial charge in [0.15, 0.2) is 23.3 Å². The van der Waals surface area contributed by atoms with Crippen molar-refractivity contribution in [2.24, 2.45) is 5.92 Å². The van der Waals surface area contributed by atoms with E-state index in [1.165, 1.54) is 30.3 Å². The van der Waals surface area contributed by atoms with E-state index in [9.17, 15) is 13.2 Å². The summed E-state index contributed by atoms with van der Waals surface area (Å²) >= 11 is 0. The fourth-order valence-electron chi connectivity index (χ4n) is 4.65. The van der Waals surface area contributed by atoms with Gasteiger partial charge in [0.25, 0.3) is 0 Å². The molecule has 0 radical (unpaired) electrons. The van der Waals surface area contributed by atoms with Crippen molar-refractivity contribution in [1.82, 2.24) is 0 Å². The monoisotopic (exact) mass is 486 g/mol. The van der Waals surface area contributed by atoms with Gasteiger partial charge in [-0.1, -0.05) is 61.9 Å². The highest BCUT2D eigenvalue weighted by Gasteiger charge is 2.28. The Morgan fingerprint density at radius 3 is 1.97 bits per heavy atom. The summed E-state index contributed by atoms with van der Waals surface area (Å²) in [5, 5.41) is 0. The normalized spacial score (nSPS) is 18.4. The largest absolute Gasteiger partial charge is 0.373 e. The SMILES string of the molecule is C/C=C/C1CCC(c2ccc(-c3ccc(-c4ccc(CCC)cc4F)c(F)c3F)c(F)c2F)OC1. The van der Waals surface area contributed by atoms with Crippen molar-refractivity contribution in [3.63, 3.8) is 0 Å². The van der Waals surface area contributed by atoms with Crippen LogP contribution in [0.5, 0.6) is 0 Å². The molecule has 0 bridgehead atoms. The van der Waals surface area contributed by atoms with E-state index in [2.05, 4.69) is 0 Å². The second-order valence-electron chi connectivity index (χ2n) is 8.87. The lowest BCUT2D eigenvalue weighted by Crippen LogP contribution is -2.20. The molecule has 184 valence electrons. The van der Waals surface area contributed by atoms with Gasteiger partial charge >= 0.3 is 0 Å². The average Bonchev–Trinajstić information content (AvgIpc) is 2.85. The van der Waals surface area contributed by atoms with Crippen LogP contribution in [-0.2, 0) is 11.2 Å². The molecule has 1 nitrogen and oxygen atoms in total. The molecule has 0 spiro atoms. The van der Waals surface area contributed by atoms with Crippen LogP contribution in [0.4, 0.5) is 22.0 Å². The van der Waals surface area contributed by atoms with E-state index in [-0.39, 0.29) is 22.6 Å². The molecule has 3 aromatic carbocycles. The fraction of sp³-hybridized carbons (Fsp3) is 0.310. The number of hydrogen-bond donors (Lipinski definition) is 0. The zero-order valence-corrected chi connectivity index (χ0v) is 19.7. The Balaban J connectivity index is 1.65. The topological polar surface area (TPSA) is 9.23 Å². The van der Waals surface area contributed by atoms with Crippen molar-refractivity contribution in [2.45, 2.75) is 45.6 Å². The highest BCUT2D eigenvalue weighted by molar-refractivity contribution is 5.73. The van der Waals surface area contributed by atoms with E-state index in [4.69, 9.17) is 4.74 Å². The van der Waals surface area contributed by atoms with Gasteiger partial charge in [-0.3, -0.25) is 0 Å². The number of benzene rings is 3. The molecule has 0 amide bonds. The Kier molecular flexibility index (Phi) is 7.70. The first-order chi connectivity index (χ1) is 16.8. The van der Waals surface area contributed by atoms with Crippen LogP contribution in [0, 0.1) is 35.0 Å². The maximum atomic E-state index is 15.0. The van der Waals surface area contributed by atoms with Crippen LogP contribution in [0.2, 0.25) is 0 Å². The number of halogens is 5. The molecular formula is C29H27F5O. The highest BCUT2D eigenvalue weighted by atomic mass is 19.2. The smallest absolute Gasteiger partial charge is 0.167 e. The summed E-state index contributed by atoms with van der Waals surface area (Å²) in [5.74, 6) is -5.55. The summed E-state index contributed by atoms with van der Waals surface area (Å²) in [6.45, 7) is 4.26. The molecule has 6 heteroatoms. The Morgan fingerprint density at radius 2 is 1.40 bits per heavy atom. The summed E-state index contributed by atoms with van der Waals surface area (Å²) in [4.78, 5) is 0. The third-order valence-corrected chi connectivity index (χ3v) is 6.47. The lowest BCUT2D eigenvalue weighted by Gasteiger charge is -2.28. The van der Waals surface area contributed by atoms with E-state index in [0.29, 0.717) is 19.4 Å². The van der Waals surface area contributed by atoms with E-state index in [1.807, 2.05) is 26.0 Å². The van der Waals surface area contributed by atoms with Crippen LogP contribution >= 0.6 is 0 Å². The molecule has 1 fully saturated rings. The minimum absolute atomic E-state index is 0.0527. The summed E-state index contributed by atoms with van der Waals surface area (Å²) in [6.07, 6.45) is 6.11. The molecule has 3 aromatic rings. The second-order valence-corrected chi connectivity index (χ2v) is 8.87. The number of ether oxygens (including phenoxy) is 1. The molecule has 1 saturated heterocycles. The summed E-state index contributed by atoms with van der Waals surface area (Å²) in [5.41, 5.74) is -0.415. The molecule has 0 saturated carbocycles. The third kappa shape index (κ3) is 5.03. The molecule has 1 aliphatic heterocycles. The van der Waals surface area contributed by atoms with Crippen molar-refractivity contribution in [2.75, 3.05) is 6.61 Å². The van der Waals surface area contributed by atoms with Gasteiger partial charge in [-0.25, -0.2) is 22.0 Å². The van der Waals surface area contributed by atoms with Crippen molar-refractivity contribution in [3.05, 3.63) is 94.8 Å². The molecule has 0 aromatic heterocycles. The van der Waals surface area contributed by atoms with Gasteiger partial charge in [0.05, 0.1) is 12.7 Å². The van der Waals surface area contributed by atoms with Gasteiger partial charge in [-0.15, -0.1) is 0 Å². The van der Waals surface area contributed by atoms with Gasteiger partial charge in [0.2, 0.25) is 0 Å². The molecule has 4 rings (SSSR count). The predicted octanol–water partition coefficient (Wildman–Crippen LogP) is 8.71. The van der Waals surface area contributed by atoms with Crippen LogP contribution in [0.25, 0.3) is 22.3 Å². The Bertz CT molecular complexity index is 1240. The lowest BCUT2D eigenvalue weighted by atomic mass is 9.92. The third-order valence-electron chi connectivity index (χ3n) is 6.47. The van der Waals surface area contributed by atoms with Gasteiger partial charge in [0, 0.05) is 33.7 Å². The fourth-order valence-corrected chi connectivity index (χ4v) is 4.65. The molecule has 1 aliphatic rings. The Morgan fingerprint density at radius 1 is 0.800 bits per heavy atom. The zero-order valence-electron chi connectivity index (χ0n) is 19.7. The minimum Gasteiger partial charge on any atom is -0.373 e. The first kappa shape index (κ1) is 25.1. The summed E-state index contributed by atoms with van der Waals surface area (Å²) in [7, 11) is 0. The molecule has 2 atom stereocenters. The van der Waals surface area contributed by atoms with Gasteiger partial charge < -0.3 is 4.74 Å². The van der Waals surface area contributed by atoms with Crippen LogP contribution in [0.15, 0.2) is 54.6 Å². The molecule has 0 aliphatic carbocycles. The first-order valence-electron chi connectivity index (χ1n) is 11.8. The minimum atomic E-state index is -1.37. The second kappa shape index (κ2) is 10.7. The van der Waals surface area contributed by atoms with E-state index >= 15 is 8.78 Å². The van der Waals surface area contributed by atoms with Crippen LogP contribution in [0.3, 0.4) is 0 Å². The Labute approximate surface area is 202 Å². The Hall–Kier alpha value is -2.99.